The molecule has 0 spiro atoms. The van der Waals surface area contributed by atoms with Crippen LogP contribution in [0.15, 0.2) is 40.9 Å². The van der Waals surface area contributed by atoms with Crippen LogP contribution in [0.3, 0.4) is 0 Å². The Bertz CT molecular complexity index is 1630. The van der Waals surface area contributed by atoms with Crippen LogP contribution in [0, 0.1) is 11.8 Å². The number of hydrogen-bond acceptors (Lipinski definition) is 7. The van der Waals surface area contributed by atoms with Crippen molar-refractivity contribution in [2.24, 2.45) is 11.8 Å². The topological polar surface area (TPSA) is 160 Å². The number of carboxylic acids is 1. The molecule has 1 atom stereocenters. The van der Waals surface area contributed by atoms with Gasteiger partial charge in [-0.05, 0) is 96.0 Å². The molecule has 3 saturated heterocycles. The second kappa shape index (κ2) is 16.0. The van der Waals surface area contributed by atoms with Gasteiger partial charge in [0.05, 0.1) is 4.47 Å². The smallest absolute Gasteiger partial charge is 0.410 e. The zero-order valence-electron chi connectivity index (χ0n) is 28.5. The normalized spacial score (nSPS) is 19.9. The third-order valence-electron chi connectivity index (χ3n) is 10.9. The van der Waals surface area contributed by atoms with Gasteiger partial charge in [0.15, 0.2) is 6.10 Å². The first-order chi connectivity index (χ1) is 24.5. The van der Waals surface area contributed by atoms with E-state index in [4.69, 9.17) is 17.7 Å². The van der Waals surface area contributed by atoms with E-state index in [9.17, 15) is 29.1 Å². The Morgan fingerprint density at radius 3 is 2.12 bits per heavy atom. The van der Waals surface area contributed by atoms with E-state index in [1.165, 1.54) is 4.90 Å². The lowest BCUT2D eigenvalue weighted by atomic mass is 9.78. The maximum Gasteiger partial charge on any atom is 0.410 e. The standard InChI is InChI=1S/C36H43BBrN5O8/c37-27-19-22(20-28(38)31(27)44)21-30(32(45)40-12-5-23(6-13-40)24-7-14-41(15-8-24)33(46)34(47)48)51-36(50)42-16-10-26(11-17-42)43-18-9-25-3-1-2-4-29(25)39-35(43)49/h1-4,19-20,23-24,26,30,44H,5-18,21H2,(H,39,49)(H,47,48)/t30-/m1/s1. The van der Waals surface area contributed by atoms with Crippen LogP contribution in [0.1, 0.15) is 49.7 Å². The number of amides is 5. The number of para-hydroxylation sites is 1. The van der Waals surface area contributed by atoms with Gasteiger partial charge in [-0.25, -0.2) is 14.4 Å². The van der Waals surface area contributed by atoms with E-state index < -0.39 is 24.1 Å². The number of fused-ring (bicyclic) bond motifs is 1. The summed E-state index contributed by atoms with van der Waals surface area (Å²) < 4.78 is 6.35. The molecule has 0 unspecified atom stereocenters. The maximum atomic E-state index is 14.0. The molecule has 270 valence electrons. The zero-order chi connectivity index (χ0) is 36.2. The van der Waals surface area contributed by atoms with Crippen LogP contribution in [0.5, 0.6) is 5.75 Å². The number of phenols is 1. The highest BCUT2D eigenvalue weighted by Gasteiger charge is 2.37. The van der Waals surface area contributed by atoms with Crippen molar-refractivity contribution in [3.63, 3.8) is 0 Å². The highest BCUT2D eigenvalue weighted by Crippen LogP contribution is 2.33. The van der Waals surface area contributed by atoms with Crippen LogP contribution in [0.25, 0.3) is 0 Å². The Kier molecular flexibility index (Phi) is 11.4. The van der Waals surface area contributed by atoms with Gasteiger partial charge in [-0.15, -0.1) is 0 Å². The fourth-order valence-corrected chi connectivity index (χ4v) is 8.51. The van der Waals surface area contributed by atoms with Crippen LogP contribution >= 0.6 is 15.9 Å². The summed E-state index contributed by atoms with van der Waals surface area (Å²) in [5, 5.41) is 22.2. The number of carbonyl (C=O) groups excluding carboxylic acids is 4. The van der Waals surface area contributed by atoms with Crippen molar-refractivity contribution in [1.29, 1.82) is 0 Å². The van der Waals surface area contributed by atoms with Gasteiger partial charge in [0.1, 0.15) is 13.6 Å². The van der Waals surface area contributed by atoms with Gasteiger partial charge in [-0.2, -0.15) is 0 Å². The van der Waals surface area contributed by atoms with E-state index in [0.717, 1.165) is 43.4 Å². The lowest BCUT2D eigenvalue weighted by Crippen LogP contribution is -2.52. The van der Waals surface area contributed by atoms with E-state index in [1.54, 1.807) is 21.9 Å². The number of rotatable bonds is 6. The predicted molar refractivity (Wildman–Crippen MR) is 192 cm³/mol. The summed E-state index contributed by atoms with van der Waals surface area (Å²) >= 11 is 3.31. The van der Waals surface area contributed by atoms with Crippen molar-refractivity contribution in [1.82, 2.24) is 19.6 Å². The van der Waals surface area contributed by atoms with Gasteiger partial charge in [0, 0.05) is 64.0 Å². The summed E-state index contributed by atoms with van der Waals surface area (Å²) in [6.45, 7) is 3.13. The minimum atomic E-state index is -1.43. The van der Waals surface area contributed by atoms with Crippen molar-refractivity contribution in [2.45, 2.75) is 63.5 Å². The first-order valence-electron chi connectivity index (χ1n) is 17.7. The lowest BCUT2D eigenvalue weighted by Gasteiger charge is -2.40. The van der Waals surface area contributed by atoms with E-state index in [0.29, 0.717) is 80.5 Å². The summed E-state index contributed by atoms with van der Waals surface area (Å²) in [4.78, 5) is 70.2. The summed E-state index contributed by atoms with van der Waals surface area (Å²) in [5.41, 5.74) is 2.67. The van der Waals surface area contributed by atoms with Crippen molar-refractivity contribution < 1.29 is 38.9 Å². The Balaban J connectivity index is 1.06. The minimum Gasteiger partial charge on any atom is -0.507 e. The number of carbonyl (C=O) groups is 5. The molecule has 4 heterocycles. The SMILES string of the molecule is [B]c1cc(C[C@@H](OC(=O)N2CCC(N3CCc4ccccc4NC3=O)CC2)C(=O)N2CCC(C3CCN(C(=O)C(=O)O)CC3)CC2)cc(Br)c1O. The average molecular weight is 764 g/mol. The summed E-state index contributed by atoms with van der Waals surface area (Å²) in [6.07, 6.45) is 3.20. The Morgan fingerprint density at radius 2 is 1.49 bits per heavy atom. The van der Waals surface area contributed by atoms with Crippen LogP contribution in [-0.4, -0.2) is 126 Å². The van der Waals surface area contributed by atoms with Crippen LogP contribution in [0.2, 0.25) is 0 Å². The molecule has 0 bridgehead atoms. The van der Waals surface area contributed by atoms with Crippen molar-refractivity contribution in [3.8, 4) is 5.75 Å². The Labute approximate surface area is 306 Å². The molecule has 2 aromatic rings. The number of likely N-dealkylation sites (tertiary alicyclic amines) is 3. The summed E-state index contributed by atoms with van der Waals surface area (Å²) in [7, 11) is 6.00. The molecule has 0 aromatic heterocycles. The molecule has 2 radical (unpaired) electrons. The fourth-order valence-electron chi connectivity index (χ4n) is 7.99. The van der Waals surface area contributed by atoms with Crippen molar-refractivity contribution >= 4 is 64.8 Å². The molecule has 0 aliphatic carbocycles. The van der Waals surface area contributed by atoms with Gasteiger partial charge < -0.3 is 39.9 Å². The molecule has 5 amide bonds. The van der Waals surface area contributed by atoms with Gasteiger partial charge in [0.25, 0.3) is 5.91 Å². The molecule has 2 aromatic carbocycles. The number of benzene rings is 2. The molecule has 51 heavy (non-hydrogen) atoms. The third-order valence-corrected chi connectivity index (χ3v) is 11.5. The van der Waals surface area contributed by atoms with Crippen LogP contribution in [0.4, 0.5) is 15.3 Å². The number of ether oxygens (including phenoxy) is 1. The average Bonchev–Trinajstić information content (AvgIpc) is 3.31. The number of aromatic hydroxyl groups is 1. The Morgan fingerprint density at radius 1 is 0.882 bits per heavy atom. The van der Waals surface area contributed by atoms with E-state index in [-0.39, 0.29) is 35.6 Å². The largest absolute Gasteiger partial charge is 0.507 e. The summed E-state index contributed by atoms with van der Waals surface area (Å²) in [5.74, 6) is -2.03. The maximum absolute atomic E-state index is 14.0. The highest BCUT2D eigenvalue weighted by atomic mass is 79.9. The van der Waals surface area contributed by atoms with E-state index >= 15 is 0 Å². The molecular weight excluding hydrogens is 721 g/mol. The highest BCUT2D eigenvalue weighted by molar-refractivity contribution is 9.10. The predicted octanol–water partition coefficient (Wildman–Crippen LogP) is 3.11. The number of piperidine rings is 3. The quantitative estimate of drug-likeness (QED) is 0.299. The number of hydrogen-bond donors (Lipinski definition) is 3. The zero-order valence-corrected chi connectivity index (χ0v) is 30.1. The fraction of sp³-hybridized carbons (Fsp3) is 0.528. The number of phenolic OH excluding ortho intramolecular Hbond substituents is 1. The number of urea groups is 1. The second-order valence-electron chi connectivity index (χ2n) is 13.9. The molecule has 3 fully saturated rings. The van der Waals surface area contributed by atoms with Gasteiger partial charge in [0.2, 0.25) is 0 Å². The number of nitrogens with zero attached hydrogens (tertiary/aromatic N) is 4. The molecule has 0 saturated carbocycles. The van der Waals surface area contributed by atoms with Gasteiger partial charge in [-0.1, -0.05) is 29.7 Å². The minimum absolute atomic E-state index is 0.0377. The first kappa shape index (κ1) is 36.5. The van der Waals surface area contributed by atoms with E-state index in [2.05, 4.69) is 21.2 Å². The lowest BCUT2D eigenvalue weighted by molar-refractivity contribution is -0.156. The van der Waals surface area contributed by atoms with Gasteiger partial charge >= 0.3 is 24.0 Å². The molecule has 6 rings (SSSR count). The molecule has 4 aliphatic heterocycles. The summed E-state index contributed by atoms with van der Waals surface area (Å²) in [6, 6.07) is 10.8. The van der Waals surface area contributed by atoms with Crippen molar-refractivity contribution in [2.75, 3.05) is 51.1 Å². The number of aliphatic carboxylic acids is 1. The molecule has 3 N–H and O–H groups in total. The number of nitrogens with one attached hydrogen (secondary N) is 1. The number of halogens is 1. The number of anilines is 1. The second-order valence-corrected chi connectivity index (χ2v) is 14.8. The van der Waals surface area contributed by atoms with Crippen molar-refractivity contribution in [3.05, 3.63) is 52.0 Å². The molecule has 15 heteroatoms. The molecular formula is C36H43BBrN5O8. The van der Waals surface area contributed by atoms with E-state index in [1.807, 2.05) is 29.2 Å². The van der Waals surface area contributed by atoms with Crippen LogP contribution in [-0.2, 0) is 32.0 Å². The monoisotopic (exact) mass is 763 g/mol. The first-order valence-corrected chi connectivity index (χ1v) is 18.5. The third kappa shape index (κ3) is 8.45. The van der Waals surface area contributed by atoms with Crippen LogP contribution < -0.4 is 10.8 Å². The number of carboxylic acid groups (broad SMARTS) is 1. The Hall–Kier alpha value is -4.27. The van der Waals surface area contributed by atoms with Gasteiger partial charge in [-0.3, -0.25) is 9.59 Å². The molecule has 4 aliphatic rings. The molecule has 13 nitrogen and oxygen atoms in total.